The maximum absolute atomic E-state index is 3.79. The predicted molar refractivity (Wildman–Crippen MR) is 78.0 cm³/mol. The smallest absolute Gasteiger partial charge is 0.0193 e. The van der Waals surface area contributed by atoms with Crippen LogP contribution in [0.25, 0.3) is 0 Å². The molecule has 0 aromatic carbocycles. The average molecular weight is 253 g/mol. The number of hydrogen-bond acceptors (Lipinski definition) is 3. The van der Waals surface area contributed by atoms with Crippen molar-refractivity contribution in [2.45, 2.75) is 57.5 Å². The van der Waals surface area contributed by atoms with Crippen molar-refractivity contribution in [2.24, 2.45) is 0 Å². The van der Waals surface area contributed by atoms with E-state index in [1.54, 1.807) is 0 Å². The van der Waals surface area contributed by atoms with E-state index in [1.165, 1.54) is 71.2 Å². The minimum absolute atomic E-state index is 0.693. The Balaban J connectivity index is 1.68. The first-order valence-electron chi connectivity index (χ1n) is 7.91. The zero-order chi connectivity index (χ0) is 12.8. The van der Waals surface area contributed by atoms with Crippen LogP contribution in [-0.4, -0.2) is 61.7 Å². The Morgan fingerprint density at radius 1 is 1.00 bits per heavy atom. The SMILES string of the molecule is CC(CNC1CCCCC1)N1CCCN(C)CC1. The number of nitrogens with zero attached hydrogens (tertiary/aromatic N) is 2. The molecule has 2 rings (SSSR count). The lowest BCUT2D eigenvalue weighted by molar-refractivity contribution is 0.202. The maximum Gasteiger partial charge on any atom is 0.0193 e. The molecule has 0 spiro atoms. The first-order chi connectivity index (χ1) is 8.75. The molecular weight excluding hydrogens is 222 g/mol. The van der Waals surface area contributed by atoms with Crippen LogP contribution in [0.4, 0.5) is 0 Å². The minimum Gasteiger partial charge on any atom is -0.312 e. The van der Waals surface area contributed by atoms with Gasteiger partial charge in [-0.3, -0.25) is 4.90 Å². The molecule has 1 atom stereocenters. The molecule has 3 nitrogen and oxygen atoms in total. The van der Waals surface area contributed by atoms with Crippen LogP contribution < -0.4 is 5.32 Å². The summed E-state index contributed by atoms with van der Waals surface area (Å²) in [5.41, 5.74) is 0. The van der Waals surface area contributed by atoms with Crippen LogP contribution in [0.2, 0.25) is 0 Å². The molecule has 18 heavy (non-hydrogen) atoms. The van der Waals surface area contributed by atoms with Gasteiger partial charge >= 0.3 is 0 Å². The molecule has 0 amide bonds. The van der Waals surface area contributed by atoms with Crippen molar-refractivity contribution in [1.29, 1.82) is 0 Å². The summed E-state index contributed by atoms with van der Waals surface area (Å²) < 4.78 is 0. The standard InChI is InChI=1S/C15H31N3/c1-14(13-16-15-7-4-3-5-8-15)18-10-6-9-17(2)11-12-18/h14-16H,3-13H2,1-2H3. The summed E-state index contributed by atoms with van der Waals surface area (Å²) in [6, 6.07) is 1.49. The molecular formula is C15H31N3. The fraction of sp³-hybridized carbons (Fsp3) is 1.00. The third-order valence-corrected chi connectivity index (χ3v) is 4.68. The monoisotopic (exact) mass is 253 g/mol. The molecule has 2 aliphatic rings. The van der Waals surface area contributed by atoms with Crippen molar-refractivity contribution in [3.8, 4) is 0 Å². The van der Waals surface area contributed by atoms with Crippen LogP contribution in [-0.2, 0) is 0 Å². The van der Waals surface area contributed by atoms with Crippen molar-refractivity contribution in [3.63, 3.8) is 0 Å². The second-order valence-electron chi connectivity index (χ2n) is 6.29. The lowest BCUT2D eigenvalue weighted by Gasteiger charge is -2.30. The molecule has 1 saturated carbocycles. The van der Waals surface area contributed by atoms with E-state index in [0.717, 1.165) is 6.04 Å². The largest absolute Gasteiger partial charge is 0.312 e. The van der Waals surface area contributed by atoms with Gasteiger partial charge in [0.25, 0.3) is 0 Å². The van der Waals surface area contributed by atoms with Gasteiger partial charge in [-0.25, -0.2) is 0 Å². The molecule has 1 aliphatic carbocycles. The average Bonchev–Trinajstić information content (AvgIpc) is 2.62. The van der Waals surface area contributed by atoms with Gasteiger partial charge < -0.3 is 10.2 Å². The lowest BCUT2D eigenvalue weighted by Crippen LogP contribution is -2.45. The lowest BCUT2D eigenvalue weighted by atomic mass is 9.95. The molecule has 1 heterocycles. The van der Waals surface area contributed by atoms with E-state index in [2.05, 4.69) is 29.1 Å². The number of nitrogens with one attached hydrogen (secondary N) is 1. The van der Waals surface area contributed by atoms with E-state index in [4.69, 9.17) is 0 Å². The summed E-state index contributed by atoms with van der Waals surface area (Å²) in [6.45, 7) is 8.57. The van der Waals surface area contributed by atoms with E-state index in [9.17, 15) is 0 Å². The Hall–Kier alpha value is -0.120. The summed E-state index contributed by atoms with van der Waals surface area (Å²) in [5.74, 6) is 0. The van der Waals surface area contributed by atoms with Crippen LogP contribution in [0.1, 0.15) is 45.4 Å². The van der Waals surface area contributed by atoms with Gasteiger partial charge in [0.05, 0.1) is 0 Å². The van der Waals surface area contributed by atoms with E-state index >= 15 is 0 Å². The van der Waals surface area contributed by atoms with Crippen molar-refractivity contribution < 1.29 is 0 Å². The molecule has 3 heteroatoms. The fourth-order valence-corrected chi connectivity index (χ4v) is 3.28. The molecule has 1 aliphatic heterocycles. The Labute approximate surface area is 113 Å². The van der Waals surface area contributed by atoms with Gasteiger partial charge in [-0.15, -0.1) is 0 Å². The topological polar surface area (TPSA) is 18.5 Å². The van der Waals surface area contributed by atoms with Crippen LogP contribution in [0, 0.1) is 0 Å². The fourth-order valence-electron chi connectivity index (χ4n) is 3.28. The van der Waals surface area contributed by atoms with Gasteiger partial charge in [0.15, 0.2) is 0 Å². The number of rotatable bonds is 4. The normalized spacial score (nSPS) is 27.0. The Morgan fingerprint density at radius 3 is 2.56 bits per heavy atom. The third kappa shape index (κ3) is 4.52. The summed E-state index contributed by atoms with van der Waals surface area (Å²) in [6.07, 6.45) is 8.43. The predicted octanol–water partition coefficient (Wildman–Crippen LogP) is 1.93. The highest BCUT2D eigenvalue weighted by Gasteiger charge is 2.19. The number of likely N-dealkylation sites (N-methyl/N-ethyl adjacent to an activating group) is 1. The molecule has 1 N–H and O–H groups in total. The highest BCUT2D eigenvalue weighted by molar-refractivity contribution is 4.78. The molecule has 106 valence electrons. The van der Waals surface area contributed by atoms with Crippen molar-refractivity contribution in [1.82, 2.24) is 15.1 Å². The van der Waals surface area contributed by atoms with Crippen molar-refractivity contribution >= 4 is 0 Å². The van der Waals surface area contributed by atoms with Gasteiger partial charge in [0.1, 0.15) is 0 Å². The highest BCUT2D eigenvalue weighted by atomic mass is 15.2. The van der Waals surface area contributed by atoms with E-state index in [-0.39, 0.29) is 0 Å². The molecule has 2 fully saturated rings. The van der Waals surface area contributed by atoms with Gasteiger partial charge in [-0.1, -0.05) is 19.3 Å². The highest BCUT2D eigenvalue weighted by Crippen LogP contribution is 2.17. The summed E-state index contributed by atoms with van der Waals surface area (Å²) in [7, 11) is 2.24. The minimum atomic E-state index is 0.693. The molecule has 0 aromatic rings. The van der Waals surface area contributed by atoms with Gasteiger partial charge in [0.2, 0.25) is 0 Å². The summed E-state index contributed by atoms with van der Waals surface area (Å²) in [4.78, 5) is 5.13. The maximum atomic E-state index is 3.79. The Kier molecular flexibility index (Phi) is 5.93. The van der Waals surface area contributed by atoms with Crippen LogP contribution in [0.15, 0.2) is 0 Å². The Bertz CT molecular complexity index is 226. The van der Waals surface area contributed by atoms with E-state index < -0.39 is 0 Å². The van der Waals surface area contributed by atoms with E-state index in [0.29, 0.717) is 6.04 Å². The van der Waals surface area contributed by atoms with Gasteiger partial charge in [-0.05, 0) is 46.3 Å². The Morgan fingerprint density at radius 2 is 1.78 bits per heavy atom. The zero-order valence-electron chi connectivity index (χ0n) is 12.3. The summed E-state index contributed by atoms with van der Waals surface area (Å²) >= 11 is 0. The molecule has 1 unspecified atom stereocenters. The molecule has 0 aromatic heterocycles. The first-order valence-corrected chi connectivity index (χ1v) is 7.91. The quantitative estimate of drug-likeness (QED) is 0.826. The van der Waals surface area contributed by atoms with Crippen LogP contribution in [0.3, 0.4) is 0 Å². The third-order valence-electron chi connectivity index (χ3n) is 4.68. The molecule has 0 radical (unpaired) electrons. The first kappa shape index (κ1) is 14.3. The number of hydrogen-bond donors (Lipinski definition) is 1. The van der Waals surface area contributed by atoms with Gasteiger partial charge in [0, 0.05) is 31.7 Å². The van der Waals surface area contributed by atoms with Crippen molar-refractivity contribution in [3.05, 3.63) is 0 Å². The van der Waals surface area contributed by atoms with Crippen LogP contribution >= 0.6 is 0 Å². The molecule has 1 saturated heterocycles. The second-order valence-corrected chi connectivity index (χ2v) is 6.29. The molecule has 0 bridgehead atoms. The van der Waals surface area contributed by atoms with E-state index in [1.807, 2.05) is 0 Å². The van der Waals surface area contributed by atoms with Crippen LogP contribution in [0.5, 0.6) is 0 Å². The summed E-state index contributed by atoms with van der Waals surface area (Å²) in [5, 5.41) is 3.79. The second kappa shape index (κ2) is 7.46. The van der Waals surface area contributed by atoms with Gasteiger partial charge in [-0.2, -0.15) is 0 Å². The van der Waals surface area contributed by atoms with Crippen molar-refractivity contribution in [2.75, 3.05) is 39.8 Å². The zero-order valence-corrected chi connectivity index (χ0v) is 12.3.